The molecule has 1 aromatic carbocycles. The average Bonchev–Trinajstić information content (AvgIpc) is 2.59. The van der Waals surface area contributed by atoms with Gasteiger partial charge in [-0.15, -0.1) is 0 Å². The Morgan fingerprint density at radius 2 is 1.91 bits per heavy atom. The summed E-state index contributed by atoms with van der Waals surface area (Å²) in [7, 11) is 5.47. The number of pyridine rings is 1. The van der Waals surface area contributed by atoms with E-state index in [0.29, 0.717) is 18.4 Å². The average molecular weight is 309 g/mol. The normalized spacial score (nSPS) is 10.6. The highest BCUT2D eigenvalue weighted by Crippen LogP contribution is 2.23. The maximum Gasteiger partial charge on any atom is 0.227 e. The zero-order valence-electron chi connectivity index (χ0n) is 13.4. The lowest BCUT2D eigenvalue weighted by atomic mass is 10.2. The van der Waals surface area contributed by atoms with Gasteiger partial charge in [0.2, 0.25) is 11.8 Å². The summed E-state index contributed by atoms with van der Waals surface area (Å²) in [6.07, 6.45) is 1.79. The summed E-state index contributed by atoms with van der Waals surface area (Å²) >= 11 is 0. The van der Waals surface area contributed by atoms with Crippen LogP contribution in [0.3, 0.4) is 0 Å². The van der Waals surface area contributed by atoms with Crippen LogP contribution in [0.5, 0.6) is 5.88 Å². The van der Waals surface area contributed by atoms with Crippen molar-refractivity contribution in [3.05, 3.63) is 48.2 Å². The zero-order chi connectivity index (χ0) is 16.2. The third-order valence-corrected chi connectivity index (χ3v) is 3.46. The summed E-state index contributed by atoms with van der Waals surface area (Å²) in [5.41, 5.74) is 1.97. The van der Waals surface area contributed by atoms with Crippen LogP contribution in [0.15, 0.2) is 42.6 Å². The van der Waals surface area contributed by atoms with Gasteiger partial charge in [0.05, 0.1) is 12.6 Å². The quantitative estimate of drug-likeness (QED) is 0.782. The van der Waals surface area contributed by atoms with E-state index >= 15 is 0 Å². The molecule has 0 atom stereocenters. The SMILES string of the molecule is COc1ccc(CNc2nc(N(C)C)nc3ccccc23)cn1. The lowest BCUT2D eigenvalue weighted by Crippen LogP contribution is -2.14. The lowest BCUT2D eigenvalue weighted by molar-refractivity contribution is 0.397. The largest absolute Gasteiger partial charge is 0.481 e. The first-order chi connectivity index (χ1) is 11.2. The highest BCUT2D eigenvalue weighted by atomic mass is 16.5. The summed E-state index contributed by atoms with van der Waals surface area (Å²) < 4.78 is 5.07. The standard InChI is InChI=1S/C17H19N5O/c1-22(2)17-20-14-7-5-4-6-13(14)16(21-17)19-11-12-8-9-15(23-3)18-10-12/h4-10H,11H2,1-3H3,(H,19,20,21). The molecular formula is C17H19N5O. The van der Waals surface area contributed by atoms with Gasteiger partial charge in [-0.1, -0.05) is 18.2 Å². The van der Waals surface area contributed by atoms with Crippen LogP contribution in [0.4, 0.5) is 11.8 Å². The molecule has 0 fully saturated rings. The Hall–Kier alpha value is -2.89. The predicted molar refractivity (Wildman–Crippen MR) is 92.0 cm³/mol. The number of nitrogens with one attached hydrogen (secondary N) is 1. The fourth-order valence-corrected chi connectivity index (χ4v) is 2.22. The van der Waals surface area contributed by atoms with Crippen LogP contribution in [0.2, 0.25) is 0 Å². The van der Waals surface area contributed by atoms with Crippen LogP contribution in [-0.2, 0) is 6.54 Å². The smallest absolute Gasteiger partial charge is 0.227 e. The second-order valence-corrected chi connectivity index (χ2v) is 5.35. The zero-order valence-corrected chi connectivity index (χ0v) is 13.4. The van der Waals surface area contributed by atoms with Gasteiger partial charge in [0.25, 0.3) is 0 Å². The van der Waals surface area contributed by atoms with E-state index in [1.54, 1.807) is 13.3 Å². The van der Waals surface area contributed by atoms with Crippen LogP contribution in [-0.4, -0.2) is 36.2 Å². The Kier molecular flexibility index (Phi) is 4.23. The Balaban J connectivity index is 1.88. The molecular weight excluding hydrogens is 290 g/mol. The van der Waals surface area contributed by atoms with Crippen molar-refractivity contribution in [2.75, 3.05) is 31.4 Å². The topological polar surface area (TPSA) is 63.2 Å². The molecule has 0 spiro atoms. The van der Waals surface area contributed by atoms with Crippen molar-refractivity contribution in [2.45, 2.75) is 6.54 Å². The van der Waals surface area contributed by atoms with Gasteiger partial charge in [-0.25, -0.2) is 9.97 Å². The molecule has 23 heavy (non-hydrogen) atoms. The third-order valence-electron chi connectivity index (χ3n) is 3.46. The van der Waals surface area contributed by atoms with E-state index in [0.717, 1.165) is 22.3 Å². The van der Waals surface area contributed by atoms with Crippen molar-refractivity contribution in [1.29, 1.82) is 0 Å². The van der Waals surface area contributed by atoms with Crippen molar-refractivity contribution in [2.24, 2.45) is 0 Å². The first-order valence-electron chi connectivity index (χ1n) is 7.34. The fourth-order valence-electron chi connectivity index (χ4n) is 2.22. The molecule has 0 bridgehead atoms. The monoisotopic (exact) mass is 309 g/mol. The number of rotatable bonds is 5. The number of fused-ring (bicyclic) bond motifs is 1. The molecule has 0 saturated carbocycles. The predicted octanol–water partition coefficient (Wildman–Crippen LogP) is 2.71. The van der Waals surface area contributed by atoms with Gasteiger partial charge in [-0.05, 0) is 17.7 Å². The molecule has 0 radical (unpaired) electrons. The van der Waals surface area contributed by atoms with Gasteiger partial charge in [-0.2, -0.15) is 4.98 Å². The van der Waals surface area contributed by atoms with Crippen molar-refractivity contribution in [1.82, 2.24) is 15.0 Å². The Labute approximate surface area is 135 Å². The summed E-state index contributed by atoms with van der Waals surface area (Å²) in [6.45, 7) is 0.630. The molecule has 118 valence electrons. The van der Waals surface area contributed by atoms with Gasteiger partial charge in [0, 0.05) is 38.3 Å². The minimum Gasteiger partial charge on any atom is -0.481 e. The Morgan fingerprint density at radius 3 is 2.61 bits per heavy atom. The second kappa shape index (κ2) is 6.48. The van der Waals surface area contributed by atoms with Crippen LogP contribution >= 0.6 is 0 Å². The van der Waals surface area contributed by atoms with E-state index in [1.807, 2.05) is 55.4 Å². The molecule has 2 heterocycles. The van der Waals surface area contributed by atoms with Crippen molar-refractivity contribution < 1.29 is 4.74 Å². The van der Waals surface area contributed by atoms with Gasteiger partial charge < -0.3 is 15.0 Å². The van der Waals surface area contributed by atoms with Crippen molar-refractivity contribution in [3.63, 3.8) is 0 Å². The molecule has 0 amide bonds. The Bertz CT molecular complexity index is 802. The number of hydrogen-bond acceptors (Lipinski definition) is 6. The van der Waals surface area contributed by atoms with Crippen LogP contribution < -0.4 is 15.0 Å². The number of methoxy groups -OCH3 is 1. The lowest BCUT2D eigenvalue weighted by Gasteiger charge is -2.14. The fraction of sp³-hybridized carbons (Fsp3) is 0.235. The molecule has 3 aromatic rings. The second-order valence-electron chi connectivity index (χ2n) is 5.35. The van der Waals surface area contributed by atoms with E-state index in [1.165, 1.54) is 0 Å². The summed E-state index contributed by atoms with van der Waals surface area (Å²) in [5, 5.41) is 4.38. The molecule has 0 aliphatic rings. The van der Waals surface area contributed by atoms with Gasteiger partial charge >= 0.3 is 0 Å². The van der Waals surface area contributed by atoms with Crippen molar-refractivity contribution >= 4 is 22.7 Å². The molecule has 1 N–H and O–H groups in total. The van der Waals surface area contributed by atoms with Crippen LogP contribution in [0.25, 0.3) is 10.9 Å². The molecule has 0 aliphatic heterocycles. The minimum absolute atomic E-state index is 0.608. The summed E-state index contributed by atoms with van der Waals surface area (Å²) in [5.74, 6) is 2.10. The molecule has 0 aliphatic carbocycles. The number of benzene rings is 1. The van der Waals surface area contributed by atoms with E-state index in [4.69, 9.17) is 4.74 Å². The van der Waals surface area contributed by atoms with E-state index in [2.05, 4.69) is 20.3 Å². The first-order valence-corrected chi connectivity index (χ1v) is 7.34. The number of para-hydroxylation sites is 1. The van der Waals surface area contributed by atoms with E-state index < -0.39 is 0 Å². The number of anilines is 2. The highest BCUT2D eigenvalue weighted by molar-refractivity contribution is 5.90. The van der Waals surface area contributed by atoms with Gasteiger partial charge in [0.1, 0.15) is 5.82 Å². The number of nitrogens with zero attached hydrogens (tertiary/aromatic N) is 4. The van der Waals surface area contributed by atoms with Gasteiger partial charge in [-0.3, -0.25) is 0 Å². The molecule has 2 aromatic heterocycles. The van der Waals surface area contributed by atoms with Crippen LogP contribution in [0, 0.1) is 0 Å². The summed E-state index contributed by atoms with van der Waals surface area (Å²) in [6, 6.07) is 11.8. The van der Waals surface area contributed by atoms with Crippen LogP contribution in [0.1, 0.15) is 5.56 Å². The molecule has 0 unspecified atom stereocenters. The maximum absolute atomic E-state index is 5.07. The number of aromatic nitrogens is 3. The highest BCUT2D eigenvalue weighted by Gasteiger charge is 2.08. The van der Waals surface area contributed by atoms with E-state index in [-0.39, 0.29) is 0 Å². The Morgan fingerprint density at radius 1 is 1.09 bits per heavy atom. The molecule has 0 saturated heterocycles. The third kappa shape index (κ3) is 3.31. The number of hydrogen-bond donors (Lipinski definition) is 1. The number of ether oxygens (including phenoxy) is 1. The summed E-state index contributed by atoms with van der Waals surface area (Å²) in [4.78, 5) is 15.3. The maximum atomic E-state index is 5.07. The first kappa shape index (κ1) is 15.0. The van der Waals surface area contributed by atoms with Gasteiger partial charge in [0.15, 0.2) is 0 Å². The molecule has 6 heteroatoms. The van der Waals surface area contributed by atoms with Crippen molar-refractivity contribution in [3.8, 4) is 5.88 Å². The minimum atomic E-state index is 0.608. The molecule has 3 rings (SSSR count). The molecule has 6 nitrogen and oxygen atoms in total. The van der Waals surface area contributed by atoms with E-state index in [9.17, 15) is 0 Å².